The van der Waals surface area contributed by atoms with Gasteiger partial charge in [0.2, 0.25) is 5.91 Å². The number of piperidine rings is 1. The van der Waals surface area contributed by atoms with Crippen molar-refractivity contribution in [2.75, 3.05) is 13.1 Å². The van der Waals surface area contributed by atoms with Gasteiger partial charge in [0.05, 0.1) is 0 Å². The zero-order chi connectivity index (χ0) is 15.4. The van der Waals surface area contributed by atoms with Crippen molar-refractivity contribution in [1.29, 1.82) is 0 Å². The van der Waals surface area contributed by atoms with Gasteiger partial charge in [-0.1, -0.05) is 27.5 Å². The highest BCUT2D eigenvalue weighted by Gasteiger charge is 2.23. The van der Waals surface area contributed by atoms with E-state index < -0.39 is 6.04 Å². The van der Waals surface area contributed by atoms with Crippen LogP contribution < -0.4 is 5.32 Å². The monoisotopic (exact) mass is 372 g/mol. The number of carbonyl (C=O) groups excluding carboxylic acids is 2. The molecular weight excluding hydrogens is 356 g/mol. The molecule has 1 aliphatic rings. The van der Waals surface area contributed by atoms with Gasteiger partial charge in [0.15, 0.2) is 0 Å². The van der Waals surface area contributed by atoms with Crippen LogP contribution in [-0.2, 0) is 4.79 Å². The molecule has 0 aliphatic carbocycles. The van der Waals surface area contributed by atoms with E-state index in [-0.39, 0.29) is 11.8 Å². The summed E-state index contributed by atoms with van der Waals surface area (Å²) in [5.74, 6) is -0.319. The SMILES string of the molecule is CC(NC(=O)c1cc(Cl)cc(Br)c1)C(=O)N1CCCCC1. The number of nitrogens with one attached hydrogen (secondary N) is 1. The number of benzene rings is 1. The first-order chi connectivity index (χ1) is 9.97. The Hall–Kier alpha value is -1.07. The van der Waals surface area contributed by atoms with Gasteiger partial charge in [0, 0.05) is 28.1 Å². The summed E-state index contributed by atoms with van der Waals surface area (Å²) in [6, 6.07) is 4.44. The molecule has 1 aliphatic heterocycles. The fraction of sp³-hybridized carbons (Fsp3) is 0.467. The normalized spacial score (nSPS) is 16.4. The van der Waals surface area contributed by atoms with E-state index in [1.165, 1.54) is 6.42 Å². The van der Waals surface area contributed by atoms with Gasteiger partial charge < -0.3 is 10.2 Å². The van der Waals surface area contributed by atoms with Crippen molar-refractivity contribution in [2.24, 2.45) is 0 Å². The standard InChI is InChI=1S/C15H18BrClN2O2/c1-10(15(21)19-5-3-2-4-6-19)18-14(20)11-7-12(16)9-13(17)8-11/h7-10H,2-6H2,1H3,(H,18,20). The predicted octanol–water partition coefficient (Wildman–Crippen LogP) is 3.23. The third kappa shape index (κ3) is 4.45. The molecule has 1 saturated heterocycles. The van der Waals surface area contributed by atoms with Gasteiger partial charge in [-0.05, 0) is 44.4 Å². The van der Waals surface area contributed by atoms with Crippen LogP contribution in [0.1, 0.15) is 36.5 Å². The zero-order valence-corrected chi connectivity index (χ0v) is 14.2. The largest absolute Gasteiger partial charge is 0.341 e. The molecule has 21 heavy (non-hydrogen) atoms. The van der Waals surface area contributed by atoms with Crippen molar-refractivity contribution < 1.29 is 9.59 Å². The Morgan fingerprint density at radius 1 is 1.24 bits per heavy atom. The van der Waals surface area contributed by atoms with E-state index in [2.05, 4.69) is 21.2 Å². The molecule has 1 heterocycles. The third-order valence-electron chi connectivity index (χ3n) is 3.51. The molecule has 1 fully saturated rings. The molecule has 114 valence electrons. The first-order valence-electron chi connectivity index (χ1n) is 7.03. The Bertz CT molecular complexity index is 524. The average molecular weight is 374 g/mol. The van der Waals surface area contributed by atoms with E-state index in [9.17, 15) is 9.59 Å². The smallest absolute Gasteiger partial charge is 0.252 e. The maximum Gasteiger partial charge on any atom is 0.252 e. The quantitative estimate of drug-likeness (QED) is 0.884. The lowest BCUT2D eigenvalue weighted by atomic mass is 10.1. The molecule has 6 heteroatoms. The molecule has 1 unspecified atom stereocenters. The van der Waals surface area contributed by atoms with Crippen LogP contribution >= 0.6 is 27.5 Å². The Morgan fingerprint density at radius 2 is 1.90 bits per heavy atom. The minimum Gasteiger partial charge on any atom is -0.341 e. The van der Waals surface area contributed by atoms with Crippen LogP contribution in [-0.4, -0.2) is 35.8 Å². The number of nitrogens with zero attached hydrogens (tertiary/aromatic N) is 1. The van der Waals surface area contributed by atoms with Crippen LogP contribution in [0.4, 0.5) is 0 Å². The molecule has 0 bridgehead atoms. The van der Waals surface area contributed by atoms with E-state index in [0.717, 1.165) is 30.4 Å². The van der Waals surface area contributed by atoms with Crippen LogP contribution in [0.2, 0.25) is 5.02 Å². The Labute approximate surface area is 138 Å². The molecule has 1 atom stereocenters. The number of amides is 2. The van der Waals surface area contributed by atoms with Gasteiger partial charge in [0.25, 0.3) is 5.91 Å². The number of likely N-dealkylation sites (tertiary alicyclic amines) is 1. The number of halogens is 2. The minimum atomic E-state index is -0.534. The number of hydrogen-bond acceptors (Lipinski definition) is 2. The van der Waals surface area contributed by atoms with Gasteiger partial charge in [-0.2, -0.15) is 0 Å². The van der Waals surface area contributed by atoms with Gasteiger partial charge in [-0.25, -0.2) is 0 Å². The molecule has 0 saturated carbocycles. The lowest BCUT2D eigenvalue weighted by molar-refractivity contribution is -0.133. The summed E-state index contributed by atoms with van der Waals surface area (Å²) in [4.78, 5) is 26.3. The lowest BCUT2D eigenvalue weighted by Gasteiger charge is -2.29. The number of hydrogen-bond donors (Lipinski definition) is 1. The molecule has 1 aromatic rings. The third-order valence-corrected chi connectivity index (χ3v) is 4.19. The number of carbonyl (C=O) groups is 2. The summed E-state index contributed by atoms with van der Waals surface area (Å²) in [5, 5.41) is 3.21. The van der Waals surface area contributed by atoms with Gasteiger partial charge in [-0.3, -0.25) is 9.59 Å². The van der Waals surface area contributed by atoms with Gasteiger partial charge in [0.1, 0.15) is 6.04 Å². The molecule has 1 N–H and O–H groups in total. The summed E-state index contributed by atoms with van der Waals surface area (Å²) in [5.41, 5.74) is 0.438. The van der Waals surface area contributed by atoms with Gasteiger partial charge in [-0.15, -0.1) is 0 Å². The maximum atomic E-state index is 12.3. The van der Waals surface area contributed by atoms with Crippen molar-refractivity contribution in [1.82, 2.24) is 10.2 Å². The van der Waals surface area contributed by atoms with Crippen molar-refractivity contribution in [3.05, 3.63) is 33.3 Å². The minimum absolute atomic E-state index is 0.0239. The molecule has 1 aromatic carbocycles. The highest BCUT2D eigenvalue weighted by Crippen LogP contribution is 2.19. The highest BCUT2D eigenvalue weighted by molar-refractivity contribution is 9.10. The fourth-order valence-electron chi connectivity index (χ4n) is 2.41. The van der Waals surface area contributed by atoms with Crippen molar-refractivity contribution in [2.45, 2.75) is 32.2 Å². The Balaban J connectivity index is 1.99. The second-order valence-electron chi connectivity index (χ2n) is 5.24. The van der Waals surface area contributed by atoms with Crippen LogP contribution in [0.5, 0.6) is 0 Å². The van der Waals surface area contributed by atoms with Crippen LogP contribution in [0.25, 0.3) is 0 Å². The van der Waals surface area contributed by atoms with Crippen LogP contribution in [0, 0.1) is 0 Å². The second kappa shape index (κ2) is 7.27. The predicted molar refractivity (Wildman–Crippen MR) is 86.5 cm³/mol. The molecule has 0 radical (unpaired) electrons. The van der Waals surface area contributed by atoms with E-state index in [1.807, 2.05) is 4.90 Å². The zero-order valence-electron chi connectivity index (χ0n) is 11.9. The summed E-state index contributed by atoms with van der Waals surface area (Å²) >= 11 is 9.23. The lowest BCUT2D eigenvalue weighted by Crippen LogP contribution is -2.48. The molecule has 2 rings (SSSR count). The second-order valence-corrected chi connectivity index (χ2v) is 6.59. The molecule has 0 spiro atoms. The average Bonchev–Trinajstić information content (AvgIpc) is 2.46. The van der Waals surface area contributed by atoms with E-state index in [0.29, 0.717) is 10.6 Å². The topological polar surface area (TPSA) is 49.4 Å². The molecular formula is C15H18BrClN2O2. The molecule has 4 nitrogen and oxygen atoms in total. The summed E-state index contributed by atoms with van der Waals surface area (Å²) in [6.07, 6.45) is 3.24. The van der Waals surface area contributed by atoms with Gasteiger partial charge >= 0.3 is 0 Å². The summed E-state index contributed by atoms with van der Waals surface area (Å²) in [6.45, 7) is 3.28. The number of rotatable bonds is 3. The fourth-order valence-corrected chi connectivity index (χ4v) is 3.27. The first kappa shape index (κ1) is 16.3. The summed E-state index contributed by atoms with van der Waals surface area (Å²) in [7, 11) is 0. The maximum absolute atomic E-state index is 12.3. The molecule has 0 aromatic heterocycles. The summed E-state index contributed by atoms with van der Waals surface area (Å²) < 4.78 is 0.732. The van der Waals surface area contributed by atoms with E-state index in [4.69, 9.17) is 11.6 Å². The Morgan fingerprint density at radius 3 is 2.52 bits per heavy atom. The molecule has 2 amide bonds. The van der Waals surface area contributed by atoms with Crippen molar-refractivity contribution >= 4 is 39.3 Å². The highest BCUT2D eigenvalue weighted by atomic mass is 79.9. The van der Waals surface area contributed by atoms with Crippen molar-refractivity contribution in [3.8, 4) is 0 Å². The van der Waals surface area contributed by atoms with Crippen LogP contribution in [0.3, 0.4) is 0 Å². The van der Waals surface area contributed by atoms with E-state index >= 15 is 0 Å². The first-order valence-corrected chi connectivity index (χ1v) is 8.20. The van der Waals surface area contributed by atoms with Crippen molar-refractivity contribution in [3.63, 3.8) is 0 Å². The Kier molecular flexibility index (Phi) is 5.65. The van der Waals surface area contributed by atoms with E-state index in [1.54, 1.807) is 25.1 Å². The van der Waals surface area contributed by atoms with Crippen LogP contribution in [0.15, 0.2) is 22.7 Å².